The molecule has 0 aliphatic carbocycles. The molecule has 7 heteroatoms. The van der Waals surface area contributed by atoms with E-state index in [1.54, 1.807) is 0 Å². The van der Waals surface area contributed by atoms with E-state index < -0.39 is 0 Å². The molecule has 0 saturated carbocycles. The highest BCUT2D eigenvalue weighted by Crippen LogP contribution is 2.29. The number of hydrogen-bond donors (Lipinski definition) is 0. The number of piperazine rings is 1. The highest BCUT2D eigenvalue weighted by molar-refractivity contribution is 7.99. The summed E-state index contributed by atoms with van der Waals surface area (Å²) in [5.41, 5.74) is 3.21. The number of hydrogen-bond acceptors (Lipinski definition) is 5. The van der Waals surface area contributed by atoms with Gasteiger partial charge in [0.1, 0.15) is 5.75 Å². The number of ether oxygens (including phenoxy) is 1. The molecule has 4 rings (SSSR count). The van der Waals surface area contributed by atoms with Gasteiger partial charge in [-0.2, -0.15) is 0 Å². The van der Waals surface area contributed by atoms with E-state index in [2.05, 4.69) is 28.5 Å². The molecule has 158 valence electrons. The molecule has 1 fully saturated rings. The molecule has 0 spiro atoms. The first-order valence-electron chi connectivity index (χ1n) is 10.5. The number of carbonyl (C=O) groups is 1. The Bertz CT molecular complexity index is 1010. The summed E-state index contributed by atoms with van der Waals surface area (Å²) in [7, 11) is 0. The summed E-state index contributed by atoms with van der Waals surface area (Å²) in [4.78, 5) is 21.8. The summed E-state index contributed by atoms with van der Waals surface area (Å²) in [6.45, 7) is 8.68. The first kappa shape index (κ1) is 20.6. The molecule has 6 nitrogen and oxygen atoms in total. The minimum atomic E-state index is 0.174. The number of anilines is 1. The van der Waals surface area contributed by atoms with Gasteiger partial charge in [-0.15, -0.1) is 0 Å². The highest BCUT2D eigenvalue weighted by atomic mass is 32.2. The van der Waals surface area contributed by atoms with Crippen molar-refractivity contribution in [3.8, 4) is 5.75 Å². The van der Waals surface area contributed by atoms with E-state index in [-0.39, 0.29) is 5.91 Å². The summed E-state index contributed by atoms with van der Waals surface area (Å²) in [5.74, 6) is 1.50. The fourth-order valence-corrected chi connectivity index (χ4v) is 4.86. The first-order chi connectivity index (χ1) is 14.7. The number of para-hydroxylation sites is 4. The van der Waals surface area contributed by atoms with Crippen LogP contribution in [-0.2, 0) is 11.3 Å². The molecule has 1 amide bonds. The Kier molecular flexibility index (Phi) is 6.47. The molecule has 1 aliphatic heterocycles. The molecule has 0 radical (unpaired) electrons. The van der Waals surface area contributed by atoms with E-state index in [0.29, 0.717) is 12.4 Å². The van der Waals surface area contributed by atoms with Crippen molar-refractivity contribution in [3.63, 3.8) is 0 Å². The van der Waals surface area contributed by atoms with E-state index in [1.165, 1.54) is 11.8 Å². The smallest absolute Gasteiger partial charge is 0.233 e. The zero-order chi connectivity index (χ0) is 20.9. The summed E-state index contributed by atoms with van der Waals surface area (Å²) in [6.07, 6.45) is 0. The number of rotatable bonds is 7. The van der Waals surface area contributed by atoms with Crippen molar-refractivity contribution in [1.29, 1.82) is 0 Å². The van der Waals surface area contributed by atoms with Gasteiger partial charge in [0.2, 0.25) is 5.91 Å². The van der Waals surface area contributed by atoms with Crippen molar-refractivity contribution in [2.24, 2.45) is 0 Å². The average molecular weight is 425 g/mol. The predicted octanol–water partition coefficient (Wildman–Crippen LogP) is 3.90. The van der Waals surface area contributed by atoms with Crippen molar-refractivity contribution < 1.29 is 9.53 Å². The summed E-state index contributed by atoms with van der Waals surface area (Å²) >= 11 is 1.53. The number of benzene rings is 2. The van der Waals surface area contributed by atoms with Crippen LogP contribution in [0, 0.1) is 0 Å². The van der Waals surface area contributed by atoms with Gasteiger partial charge in [-0.05, 0) is 38.1 Å². The zero-order valence-electron chi connectivity index (χ0n) is 17.6. The zero-order valence-corrected chi connectivity index (χ0v) is 18.4. The van der Waals surface area contributed by atoms with Crippen LogP contribution in [0.1, 0.15) is 13.8 Å². The number of nitrogens with zero attached hydrogens (tertiary/aromatic N) is 4. The second-order valence-electron chi connectivity index (χ2n) is 7.18. The number of amides is 1. The van der Waals surface area contributed by atoms with Crippen LogP contribution in [0.25, 0.3) is 11.0 Å². The third kappa shape index (κ3) is 4.26. The number of imidazole rings is 1. The van der Waals surface area contributed by atoms with Gasteiger partial charge in [0, 0.05) is 32.7 Å². The van der Waals surface area contributed by atoms with E-state index >= 15 is 0 Å². The van der Waals surface area contributed by atoms with Crippen molar-refractivity contribution in [2.75, 3.05) is 43.4 Å². The van der Waals surface area contributed by atoms with Gasteiger partial charge in [0.25, 0.3) is 0 Å². The van der Waals surface area contributed by atoms with Gasteiger partial charge < -0.3 is 19.1 Å². The van der Waals surface area contributed by atoms with Crippen LogP contribution in [0.3, 0.4) is 0 Å². The maximum absolute atomic E-state index is 12.8. The third-order valence-electron chi connectivity index (χ3n) is 5.40. The van der Waals surface area contributed by atoms with Crippen molar-refractivity contribution in [3.05, 3.63) is 48.5 Å². The SMILES string of the molecule is CCOc1ccccc1N1CCN(C(=O)CSc2nc3ccccc3n2CC)CC1. The molecule has 0 atom stereocenters. The van der Waals surface area contributed by atoms with E-state index in [4.69, 9.17) is 9.72 Å². The predicted molar refractivity (Wildman–Crippen MR) is 123 cm³/mol. The molecule has 1 aromatic heterocycles. The lowest BCUT2D eigenvalue weighted by molar-refractivity contribution is -0.128. The van der Waals surface area contributed by atoms with Gasteiger partial charge in [0.05, 0.1) is 29.1 Å². The van der Waals surface area contributed by atoms with Gasteiger partial charge in [-0.3, -0.25) is 4.79 Å². The summed E-state index contributed by atoms with van der Waals surface area (Å²) in [6, 6.07) is 16.3. The normalized spacial score (nSPS) is 14.3. The Balaban J connectivity index is 1.35. The molecule has 0 unspecified atom stereocenters. The molecule has 0 N–H and O–H groups in total. The standard InChI is InChI=1S/C23H28N4O2S/c1-3-27-19-10-6-5-9-18(19)24-23(27)30-17-22(28)26-15-13-25(14-16-26)20-11-7-8-12-21(20)29-4-2/h5-12H,3-4,13-17H2,1-2H3. The first-order valence-corrected chi connectivity index (χ1v) is 11.5. The molecule has 0 bridgehead atoms. The number of thioether (sulfide) groups is 1. The Morgan fingerprint density at radius 2 is 1.77 bits per heavy atom. The van der Waals surface area contributed by atoms with Gasteiger partial charge in [0.15, 0.2) is 5.16 Å². The number of fused-ring (bicyclic) bond motifs is 1. The molecule has 2 aromatic carbocycles. The van der Waals surface area contributed by atoms with Gasteiger partial charge in [-0.1, -0.05) is 36.0 Å². The maximum Gasteiger partial charge on any atom is 0.233 e. The molecule has 3 aromatic rings. The van der Waals surface area contributed by atoms with E-state index in [1.807, 2.05) is 48.2 Å². The molecule has 2 heterocycles. The molecular formula is C23H28N4O2S. The van der Waals surface area contributed by atoms with Crippen LogP contribution < -0.4 is 9.64 Å². The van der Waals surface area contributed by atoms with Crippen LogP contribution in [0.2, 0.25) is 0 Å². The monoisotopic (exact) mass is 424 g/mol. The second-order valence-corrected chi connectivity index (χ2v) is 8.13. The molecule has 1 saturated heterocycles. The van der Waals surface area contributed by atoms with Gasteiger partial charge in [-0.25, -0.2) is 4.98 Å². The Morgan fingerprint density at radius 3 is 2.53 bits per heavy atom. The van der Waals surface area contributed by atoms with Gasteiger partial charge >= 0.3 is 0 Å². The Morgan fingerprint density at radius 1 is 1.03 bits per heavy atom. The van der Waals surface area contributed by atoms with Crippen LogP contribution in [-0.4, -0.2) is 58.9 Å². The van der Waals surface area contributed by atoms with Crippen molar-refractivity contribution >= 4 is 34.4 Å². The molecule has 30 heavy (non-hydrogen) atoms. The van der Waals surface area contributed by atoms with Crippen LogP contribution >= 0.6 is 11.8 Å². The molecule has 1 aliphatic rings. The average Bonchev–Trinajstić information content (AvgIpc) is 3.15. The maximum atomic E-state index is 12.8. The van der Waals surface area contributed by atoms with Crippen molar-refractivity contribution in [1.82, 2.24) is 14.5 Å². The Labute approximate surface area is 181 Å². The third-order valence-corrected chi connectivity index (χ3v) is 6.36. The summed E-state index contributed by atoms with van der Waals surface area (Å²) < 4.78 is 7.94. The highest BCUT2D eigenvalue weighted by Gasteiger charge is 2.23. The fraction of sp³-hybridized carbons (Fsp3) is 0.391. The van der Waals surface area contributed by atoms with E-state index in [0.717, 1.165) is 60.4 Å². The lowest BCUT2D eigenvalue weighted by atomic mass is 10.2. The number of aromatic nitrogens is 2. The second kappa shape index (κ2) is 9.43. The largest absolute Gasteiger partial charge is 0.492 e. The number of carbonyl (C=O) groups excluding carboxylic acids is 1. The Hall–Kier alpha value is -2.67. The lowest BCUT2D eigenvalue weighted by Gasteiger charge is -2.36. The number of aryl methyl sites for hydroxylation is 1. The van der Waals surface area contributed by atoms with E-state index in [9.17, 15) is 4.79 Å². The van der Waals surface area contributed by atoms with Crippen LogP contribution in [0.15, 0.2) is 53.7 Å². The fourth-order valence-electron chi connectivity index (χ4n) is 3.88. The minimum Gasteiger partial charge on any atom is -0.492 e. The van der Waals surface area contributed by atoms with Crippen LogP contribution in [0.5, 0.6) is 5.75 Å². The topological polar surface area (TPSA) is 50.6 Å². The van der Waals surface area contributed by atoms with Crippen LogP contribution in [0.4, 0.5) is 5.69 Å². The minimum absolute atomic E-state index is 0.174. The lowest BCUT2D eigenvalue weighted by Crippen LogP contribution is -2.49. The summed E-state index contributed by atoms with van der Waals surface area (Å²) in [5, 5.41) is 0.913. The molecular weight excluding hydrogens is 396 g/mol. The van der Waals surface area contributed by atoms with Crippen molar-refractivity contribution in [2.45, 2.75) is 25.5 Å². The quantitative estimate of drug-likeness (QED) is 0.539.